The number of carbonyl (C=O) groups excluding carboxylic acids is 1. The normalized spacial score (nSPS) is 13.3. The molecule has 0 spiro atoms. The number of anilines is 1. The average Bonchev–Trinajstić information content (AvgIpc) is 3.52. The Kier molecular flexibility index (Phi) is 10.4. The number of piperazine rings is 1. The highest BCUT2D eigenvalue weighted by Gasteiger charge is 2.24. The van der Waals surface area contributed by atoms with Crippen molar-refractivity contribution in [3.8, 4) is 17.2 Å². The Hall–Kier alpha value is -3.79. The van der Waals surface area contributed by atoms with E-state index in [0.717, 1.165) is 65.4 Å². The second-order valence-corrected chi connectivity index (χ2v) is 11.8. The molecule has 3 aromatic carbocycles. The Labute approximate surface area is 262 Å². The number of amides is 1. The molecule has 1 aromatic heterocycles. The number of halogens is 1. The molecule has 0 bridgehead atoms. The van der Waals surface area contributed by atoms with E-state index in [4.69, 9.17) is 30.8 Å². The van der Waals surface area contributed by atoms with Gasteiger partial charge >= 0.3 is 0 Å². The number of aromatic nitrogens is 1. The minimum Gasteiger partial charge on any atom is -0.497 e. The molecule has 1 fully saturated rings. The molecule has 0 unspecified atom stereocenters. The number of hydrogen-bond donors (Lipinski definition) is 0. The fourth-order valence-electron chi connectivity index (χ4n) is 5.20. The molecule has 0 N–H and O–H groups in total. The van der Waals surface area contributed by atoms with Gasteiger partial charge < -0.3 is 24.0 Å². The monoisotopic (exact) mass is 620 g/mol. The van der Waals surface area contributed by atoms with Crippen LogP contribution in [0.1, 0.15) is 26.6 Å². The predicted molar refractivity (Wildman–Crippen MR) is 172 cm³/mol. The van der Waals surface area contributed by atoms with Crippen molar-refractivity contribution in [3.05, 3.63) is 99.0 Å². The molecule has 0 saturated carbocycles. The maximum absolute atomic E-state index is 13.4. The summed E-state index contributed by atoms with van der Waals surface area (Å²) >= 11 is 7.71. The summed E-state index contributed by atoms with van der Waals surface area (Å²) in [5.74, 6) is 2.25. The Bertz CT molecular complexity index is 1510. The van der Waals surface area contributed by atoms with E-state index in [1.54, 1.807) is 21.3 Å². The molecule has 0 radical (unpaired) electrons. The average molecular weight is 621 g/mol. The van der Waals surface area contributed by atoms with E-state index >= 15 is 0 Å². The molecule has 0 atom stereocenters. The van der Waals surface area contributed by atoms with Crippen molar-refractivity contribution in [2.24, 2.45) is 0 Å². The molecular weight excluding hydrogens is 584 g/mol. The topological polar surface area (TPSA) is 67.4 Å². The Balaban J connectivity index is 1.24. The predicted octanol–water partition coefficient (Wildman–Crippen LogP) is 6.03. The standard InChI is InChI=1S/C33H37ClN4O4S/c1-40-28-10-7-25(8-11-28)21-36(14-13-24-9-12-30(41-2)31(19-24)42-3)22-32-35-29(23-43-32)33(39)38-17-15-37(16-18-38)27-6-4-5-26(34)20-27/h4-12,19-20,23H,13-18,21-22H2,1-3H3. The molecule has 10 heteroatoms. The van der Waals surface area contributed by atoms with Crippen LogP contribution in [-0.4, -0.2) is 74.7 Å². The number of carbonyl (C=O) groups is 1. The van der Waals surface area contributed by atoms with Gasteiger partial charge in [-0.2, -0.15) is 0 Å². The SMILES string of the molecule is COc1ccc(CN(CCc2ccc(OC)c(OC)c2)Cc2nc(C(=O)N3CCN(c4cccc(Cl)c4)CC3)cs2)cc1. The number of benzene rings is 3. The lowest BCUT2D eigenvalue weighted by Gasteiger charge is -2.35. The van der Waals surface area contributed by atoms with Crippen molar-refractivity contribution in [2.45, 2.75) is 19.5 Å². The molecular formula is C33H37ClN4O4S. The number of ether oxygens (including phenoxy) is 3. The summed E-state index contributed by atoms with van der Waals surface area (Å²) in [6, 6.07) is 22.0. The molecule has 0 aliphatic carbocycles. The van der Waals surface area contributed by atoms with E-state index in [1.807, 2.05) is 52.7 Å². The van der Waals surface area contributed by atoms with Crippen molar-refractivity contribution in [2.75, 3.05) is 59.0 Å². The number of hydrogen-bond acceptors (Lipinski definition) is 8. The van der Waals surface area contributed by atoms with Gasteiger partial charge in [0.1, 0.15) is 16.5 Å². The third-order valence-corrected chi connectivity index (χ3v) is 8.67. The summed E-state index contributed by atoms with van der Waals surface area (Å²) in [5, 5.41) is 3.53. The zero-order valence-electron chi connectivity index (χ0n) is 24.8. The van der Waals surface area contributed by atoms with Gasteiger partial charge in [0.05, 0.1) is 27.9 Å². The van der Waals surface area contributed by atoms with Gasteiger partial charge in [0.2, 0.25) is 0 Å². The number of thiazole rings is 1. The lowest BCUT2D eigenvalue weighted by Crippen LogP contribution is -2.48. The summed E-state index contributed by atoms with van der Waals surface area (Å²) in [6.07, 6.45) is 0.824. The second-order valence-electron chi connectivity index (χ2n) is 10.4. The summed E-state index contributed by atoms with van der Waals surface area (Å²) < 4.78 is 16.2. The Morgan fingerprint density at radius 2 is 1.63 bits per heavy atom. The molecule has 2 heterocycles. The van der Waals surface area contributed by atoms with Crippen molar-refractivity contribution in [1.82, 2.24) is 14.8 Å². The molecule has 1 saturated heterocycles. The van der Waals surface area contributed by atoms with Gasteiger partial charge in [0.15, 0.2) is 11.5 Å². The molecule has 226 valence electrons. The fourth-order valence-corrected chi connectivity index (χ4v) is 6.20. The van der Waals surface area contributed by atoms with E-state index in [1.165, 1.54) is 16.9 Å². The maximum Gasteiger partial charge on any atom is 0.273 e. The Morgan fingerprint density at radius 1 is 0.884 bits per heavy atom. The smallest absolute Gasteiger partial charge is 0.273 e. The maximum atomic E-state index is 13.4. The third kappa shape index (κ3) is 7.98. The van der Waals surface area contributed by atoms with Crippen LogP contribution in [-0.2, 0) is 19.5 Å². The van der Waals surface area contributed by atoms with Crippen LogP contribution < -0.4 is 19.1 Å². The first-order valence-electron chi connectivity index (χ1n) is 14.3. The van der Waals surface area contributed by atoms with E-state index in [9.17, 15) is 4.79 Å². The summed E-state index contributed by atoms with van der Waals surface area (Å²) in [5.41, 5.74) is 3.93. The van der Waals surface area contributed by atoms with Crippen molar-refractivity contribution in [3.63, 3.8) is 0 Å². The number of rotatable bonds is 12. The Morgan fingerprint density at radius 3 is 2.33 bits per heavy atom. The molecule has 1 amide bonds. The van der Waals surface area contributed by atoms with Gasteiger partial charge in [0.25, 0.3) is 5.91 Å². The second kappa shape index (κ2) is 14.6. The molecule has 8 nitrogen and oxygen atoms in total. The van der Waals surface area contributed by atoms with E-state index in [0.29, 0.717) is 31.1 Å². The highest BCUT2D eigenvalue weighted by Crippen LogP contribution is 2.28. The van der Waals surface area contributed by atoms with Crippen LogP contribution in [0.3, 0.4) is 0 Å². The van der Waals surface area contributed by atoms with Gasteiger partial charge in [0, 0.05) is 55.4 Å². The van der Waals surface area contributed by atoms with Crippen LogP contribution in [0.25, 0.3) is 0 Å². The largest absolute Gasteiger partial charge is 0.497 e. The zero-order valence-corrected chi connectivity index (χ0v) is 26.4. The first kappa shape index (κ1) is 30.7. The summed E-state index contributed by atoms with van der Waals surface area (Å²) in [7, 11) is 4.96. The van der Waals surface area contributed by atoms with Crippen LogP contribution >= 0.6 is 22.9 Å². The molecule has 43 heavy (non-hydrogen) atoms. The number of methoxy groups -OCH3 is 3. The first-order chi connectivity index (χ1) is 20.9. The van der Waals surface area contributed by atoms with E-state index in [-0.39, 0.29) is 5.91 Å². The molecule has 5 rings (SSSR count). The molecule has 4 aromatic rings. The van der Waals surface area contributed by atoms with Gasteiger partial charge in [-0.05, 0) is 60.0 Å². The summed E-state index contributed by atoms with van der Waals surface area (Å²) in [4.78, 5) is 24.7. The first-order valence-corrected chi connectivity index (χ1v) is 15.5. The fraction of sp³-hybridized carbons (Fsp3) is 0.333. The third-order valence-electron chi connectivity index (χ3n) is 7.60. The van der Waals surface area contributed by atoms with Crippen LogP contribution in [0, 0.1) is 0 Å². The quantitative estimate of drug-likeness (QED) is 0.192. The van der Waals surface area contributed by atoms with E-state index in [2.05, 4.69) is 34.1 Å². The van der Waals surface area contributed by atoms with Gasteiger partial charge in [-0.25, -0.2) is 4.98 Å². The minimum absolute atomic E-state index is 0.0136. The summed E-state index contributed by atoms with van der Waals surface area (Å²) in [6.45, 7) is 4.99. The van der Waals surface area contributed by atoms with E-state index < -0.39 is 0 Å². The van der Waals surface area contributed by atoms with Crippen LogP contribution in [0.15, 0.2) is 72.1 Å². The molecule has 1 aliphatic rings. The highest BCUT2D eigenvalue weighted by molar-refractivity contribution is 7.09. The molecule has 1 aliphatic heterocycles. The van der Waals surface area contributed by atoms with Crippen molar-refractivity contribution in [1.29, 1.82) is 0 Å². The van der Waals surface area contributed by atoms with Crippen LogP contribution in [0.5, 0.6) is 17.2 Å². The minimum atomic E-state index is -0.0136. The van der Waals surface area contributed by atoms with Crippen molar-refractivity contribution >= 4 is 34.5 Å². The van der Waals surface area contributed by atoms with Gasteiger partial charge in [-0.3, -0.25) is 9.69 Å². The van der Waals surface area contributed by atoms with Gasteiger partial charge in [-0.1, -0.05) is 35.9 Å². The van der Waals surface area contributed by atoms with Crippen molar-refractivity contribution < 1.29 is 19.0 Å². The number of nitrogens with zero attached hydrogens (tertiary/aromatic N) is 4. The zero-order chi connectivity index (χ0) is 30.2. The van der Waals surface area contributed by atoms with Gasteiger partial charge in [-0.15, -0.1) is 11.3 Å². The highest BCUT2D eigenvalue weighted by atomic mass is 35.5. The van der Waals surface area contributed by atoms with Crippen LogP contribution in [0.2, 0.25) is 5.02 Å². The lowest BCUT2D eigenvalue weighted by molar-refractivity contribution is 0.0741. The van der Waals surface area contributed by atoms with Crippen LogP contribution in [0.4, 0.5) is 5.69 Å². The lowest BCUT2D eigenvalue weighted by atomic mass is 10.1.